The largest absolute Gasteiger partial charge is 0.205 e. The average molecular weight is 208 g/mol. The normalized spacial score (nSPS) is 12.3. The zero-order valence-corrected chi connectivity index (χ0v) is 9.41. The molecule has 0 aliphatic heterocycles. The Bertz CT molecular complexity index is 463. The van der Waals surface area contributed by atoms with Crippen LogP contribution in [0.2, 0.25) is 0 Å². The van der Waals surface area contributed by atoms with Gasteiger partial charge in [-0.3, -0.25) is 0 Å². The van der Waals surface area contributed by atoms with Crippen LogP contribution < -0.4 is 0 Å². The topological polar surface area (TPSA) is 0 Å². The van der Waals surface area contributed by atoms with Crippen molar-refractivity contribution in [2.45, 2.75) is 26.2 Å². The number of fused-ring (bicyclic) bond motifs is 1. The van der Waals surface area contributed by atoms with E-state index in [0.717, 1.165) is 10.1 Å². The van der Waals surface area contributed by atoms with Crippen molar-refractivity contribution in [2.75, 3.05) is 0 Å². The summed E-state index contributed by atoms with van der Waals surface area (Å²) in [6.07, 6.45) is 0. The minimum absolute atomic E-state index is 0.0893. The van der Waals surface area contributed by atoms with Crippen LogP contribution in [0, 0.1) is 5.82 Å². The fourth-order valence-corrected chi connectivity index (χ4v) is 2.80. The molecule has 14 heavy (non-hydrogen) atoms. The van der Waals surface area contributed by atoms with Crippen molar-refractivity contribution in [3.8, 4) is 0 Å². The number of hydrogen-bond donors (Lipinski definition) is 0. The minimum Gasteiger partial charge on any atom is -0.205 e. The van der Waals surface area contributed by atoms with E-state index in [-0.39, 0.29) is 11.2 Å². The van der Waals surface area contributed by atoms with E-state index < -0.39 is 0 Å². The highest BCUT2D eigenvalue weighted by Crippen LogP contribution is 2.35. The molecule has 0 saturated heterocycles. The van der Waals surface area contributed by atoms with E-state index in [9.17, 15) is 4.39 Å². The van der Waals surface area contributed by atoms with E-state index in [1.165, 1.54) is 23.0 Å². The van der Waals surface area contributed by atoms with E-state index in [4.69, 9.17) is 0 Å². The maximum atomic E-state index is 13.4. The lowest BCUT2D eigenvalue weighted by molar-refractivity contribution is 0.597. The third kappa shape index (κ3) is 1.44. The summed E-state index contributed by atoms with van der Waals surface area (Å²) in [6, 6.07) is 5.29. The molecule has 0 aliphatic carbocycles. The highest BCUT2D eigenvalue weighted by molar-refractivity contribution is 7.17. The fourth-order valence-electron chi connectivity index (χ4n) is 1.60. The Morgan fingerprint density at radius 3 is 2.57 bits per heavy atom. The van der Waals surface area contributed by atoms with Crippen LogP contribution in [0.4, 0.5) is 4.39 Å². The molecule has 0 atom stereocenters. The Kier molecular flexibility index (Phi) is 2.11. The van der Waals surface area contributed by atoms with E-state index in [1.54, 1.807) is 6.07 Å². The van der Waals surface area contributed by atoms with Crippen LogP contribution in [0.25, 0.3) is 10.1 Å². The lowest BCUT2D eigenvalue weighted by atomic mass is 9.87. The summed E-state index contributed by atoms with van der Waals surface area (Å²) < 4.78 is 14.2. The zero-order valence-electron chi connectivity index (χ0n) is 8.60. The Balaban J connectivity index is 2.76. The van der Waals surface area contributed by atoms with Crippen LogP contribution in [0.1, 0.15) is 26.3 Å². The van der Waals surface area contributed by atoms with Gasteiger partial charge in [0, 0.05) is 0 Å². The molecular weight excluding hydrogens is 195 g/mol. The van der Waals surface area contributed by atoms with Crippen molar-refractivity contribution < 1.29 is 4.39 Å². The Hall–Kier alpha value is -0.890. The SMILES string of the molecule is CC(C)(C)c1csc2c(F)cccc12. The van der Waals surface area contributed by atoms with Crippen molar-refractivity contribution in [2.24, 2.45) is 0 Å². The van der Waals surface area contributed by atoms with Gasteiger partial charge in [-0.2, -0.15) is 0 Å². The van der Waals surface area contributed by atoms with Gasteiger partial charge < -0.3 is 0 Å². The van der Waals surface area contributed by atoms with Crippen LogP contribution in [0.15, 0.2) is 23.6 Å². The van der Waals surface area contributed by atoms with Gasteiger partial charge >= 0.3 is 0 Å². The molecule has 0 spiro atoms. The summed E-state index contributed by atoms with van der Waals surface area (Å²) in [5, 5.41) is 3.12. The highest BCUT2D eigenvalue weighted by Gasteiger charge is 2.19. The monoisotopic (exact) mass is 208 g/mol. The lowest BCUT2D eigenvalue weighted by Gasteiger charge is -2.17. The first kappa shape index (κ1) is 9.66. The molecule has 0 unspecified atom stereocenters. The molecule has 0 saturated carbocycles. The number of thiophene rings is 1. The van der Waals surface area contributed by atoms with Crippen molar-refractivity contribution in [1.82, 2.24) is 0 Å². The molecular formula is C12H13FS. The third-order valence-corrected chi connectivity index (χ3v) is 3.36. The van der Waals surface area contributed by atoms with E-state index >= 15 is 0 Å². The number of hydrogen-bond acceptors (Lipinski definition) is 1. The molecule has 1 aromatic heterocycles. The Morgan fingerprint density at radius 2 is 1.93 bits per heavy atom. The second-order valence-corrected chi connectivity index (χ2v) is 5.40. The molecule has 74 valence electrons. The molecule has 1 aromatic carbocycles. The number of benzene rings is 1. The maximum Gasteiger partial charge on any atom is 0.140 e. The van der Waals surface area contributed by atoms with E-state index in [2.05, 4.69) is 26.2 Å². The van der Waals surface area contributed by atoms with Crippen LogP contribution >= 0.6 is 11.3 Å². The molecule has 0 N–H and O–H groups in total. The van der Waals surface area contributed by atoms with Gasteiger partial charge in [0.25, 0.3) is 0 Å². The molecule has 2 aromatic rings. The molecule has 0 bridgehead atoms. The van der Waals surface area contributed by atoms with Gasteiger partial charge in [-0.25, -0.2) is 4.39 Å². The van der Waals surface area contributed by atoms with Crippen molar-refractivity contribution in [3.05, 3.63) is 35.0 Å². The third-order valence-electron chi connectivity index (χ3n) is 2.36. The summed E-state index contributed by atoms with van der Waals surface area (Å²) in [5.74, 6) is -0.108. The molecule has 0 radical (unpaired) electrons. The predicted octanol–water partition coefficient (Wildman–Crippen LogP) is 4.34. The van der Waals surface area contributed by atoms with Gasteiger partial charge in [0.05, 0.1) is 4.70 Å². The van der Waals surface area contributed by atoms with Gasteiger partial charge in [-0.15, -0.1) is 11.3 Å². The standard InChI is InChI=1S/C12H13FS/c1-12(2,3)9-7-14-11-8(9)5-4-6-10(11)13/h4-7H,1-3H3. The van der Waals surface area contributed by atoms with Crippen molar-refractivity contribution >= 4 is 21.4 Å². The number of halogens is 1. The van der Waals surface area contributed by atoms with Gasteiger partial charge in [-0.1, -0.05) is 32.9 Å². The van der Waals surface area contributed by atoms with Crippen LogP contribution in [0.3, 0.4) is 0 Å². The maximum absolute atomic E-state index is 13.4. The van der Waals surface area contributed by atoms with Crippen LogP contribution in [-0.4, -0.2) is 0 Å². The zero-order chi connectivity index (χ0) is 10.3. The average Bonchev–Trinajstić information content (AvgIpc) is 2.47. The van der Waals surface area contributed by atoms with E-state index in [1.807, 2.05) is 6.07 Å². The van der Waals surface area contributed by atoms with Crippen LogP contribution in [0.5, 0.6) is 0 Å². The quantitative estimate of drug-likeness (QED) is 0.604. The predicted molar refractivity (Wildman–Crippen MR) is 60.5 cm³/mol. The molecule has 0 aliphatic rings. The Labute approximate surface area is 87.4 Å². The molecule has 2 rings (SSSR count). The fraction of sp³-hybridized carbons (Fsp3) is 0.333. The summed E-state index contributed by atoms with van der Waals surface area (Å²) in [7, 11) is 0. The van der Waals surface area contributed by atoms with E-state index in [0.29, 0.717) is 0 Å². The Morgan fingerprint density at radius 1 is 1.21 bits per heavy atom. The second kappa shape index (κ2) is 3.06. The van der Waals surface area contributed by atoms with Crippen molar-refractivity contribution in [1.29, 1.82) is 0 Å². The van der Waals surface area contributed by atoms with Crippen LogP contribution in [-0.2, 0) is 5.41 Å². The molecule has 0 amide bonds. The van der Waals surface area contributed by atoms with Gasteiger partial charge in [0.15, 0.2) is 0 Å². The van der Waals surface area contributed by atoms with Gasteiger partial charge in [-0.05, 0) is 27.8 Å². The highest BCUT2D eigenvalue weighted by atomic mass is 32.1. The van der Waals surface area contributed by atoms with Gasteiger partial charge in [0.1, 0.15) is 5.82 Å². The number of rotatable bonds is 0. The first-order valence-corrected chi connectivity index (χ1v) is 5.54. The molecule has 1 heterocycles. The lowest BCUT2D eigenvalue weighted by Crippen LogP contribution is -2.09. The van der Waals surface area contributed by atoms with Gasteiger partial charge in [0.2, 0.25) is 0 Å². The first-order chi connectivity index (χ1) is 6.50. The smallest absolute Gasteiger partial charge is 0.140 e. The first-order valence-electron chi connectivity index (χ1n) is 4.66. The second-order valence-electron chi connectivity index (χ2n) is 4.52. The molecule has 0 fully saturated rings. The summed E-state index contributed by atoms with van der Waals surface area (Å²) >= 11 is 1.49. The molecule has 2 heteroatoms. The van der Waals surface area contributed by atoms with Crippen molar-refractivity contribution in [3.63, 3.8) is 0 Å². The molecule has 0 nitrogen and oxygen atoms in total. The summed E-state index contributed by atoms with van der Waals surface area (Å²) in [5.41, 5.74) is 1.32. The summed E-state index contributed by atoms with van der Waals surface area (Å²) in [4.78, 5) is 0. The minimum atomic E-state index is -0.108. The summed E-state index contributed by atoms with van der Waals surface area (Å²) in [6.45, 7) is 6.46.